The molecule has 1 rings (SSSR count). The van der Waals surface area contributed by atoms with Gasteiger partial charge < -0.3 is 9.39 Å². The van der Waals surface area contributed by atoms with Crippen LogP contribution in [0.3, 0.4) is 0 Å². The molecule has 60 valence electrons. The summed E-state index contributed by atoms with van der Waals surface area (Å²) in [6.07, 6.45) is 4.61. The summed E-state index contributed by atoms with van der Waals surface area (Å²) in [7, 11) is -0.377. The van der Waals surface area contributed by atoms with Crippen LogP contribution in [0.5, 0.6) is 5.75 Å². The number of hydrogen-bond acceptors (Lipinski definition) is 2. The zero-order valence-corrected chi connectivity index (χ0v) is 7.00. The first-order valence-corrected chi connectivity index (χ1v) is 4.74. The van der Waals surface area contributed by atoms with Crippen molar-refractivity contribution in [3.05, 3.63) is 29.7 Å². The maximum Gasteiger partial charge on any atom is 0.223 e. The van der Waals surface area contributed by atoms with E-state index in [0.29, 0.717) is 10.5 Å². The maximum atomic E-state index is 10.7. The van der Waals surface area contributed by atoms with Gasteiger partial charge in [-0.15, -0.1) is 0 Å². The second-order valence-electron chi connectivity index (χ2n) is 2.06. The summed E-state index contributed by atoms with van der Waals surface area (Å²) in [5.41, 5.74) is 0. The number of hydrogen-bond donors (Lipinski definition) is 0. The van der Waals surface area contributed by atoms with E-state index in [1.807, 2.05) is 6.26 Å². The quantitative estimate of drug-likeness (QED) is 0.377. The van der Waals surface area contributed by atoms with Gasteiger partial charge in [0.15, 0.2) is 6.20 Å². The molecular weight excluding hydrogens is 162 g/mol. The van der Waals surface area contributed by atoms with Gasteiger partial charge in [-0.05, 0) is 22.7 Å². The summed E-state index contributed by atoms with van der Waals surface area (Å²) < 4.78 is 5.89. The molecule has 1 unspecified atom stereocenters. The lowest BCUT2D eigenvalue weighted by Gasteiger charge is -2.02. The van der Waals surface area contributed by atoms with Crippen molar-refractivity contribution in [2.24, 2.45) is 0 Å². The third kappa shape index (κ3) is 2.59. The van der Waals surface area contributed by atoms with Gasteiger partial charge in [-0.1, -0.05) is 0 Å². The van der Waals surface area contributed by atoms with E-state index in [2.05, 4.69) is 5.87 Å². The van der Waals surface area contributed by atoms with Crippen LogP contribution in [0.1, 0.15) is 0 Å². The normalized spacial score (nSPS) is 12.5. The highest BCUT2D eigenvalue weighted by molar-refractivity contribution is 8.09. The molecule has 0 saturated carbocycles. The Kier molecular flexibility index (Phi) is 2.48. The lowest BCUT2D eigenvalue weighted by atomic mass is 10.5. The van der Waals surface area contributed by atoms with Crippen molar-refractivity contribution in [1.82, 2.24) is 0 Å². The van der Waals surface area contributed by atoms with E-state index >= 15 is 0 Å². The minimum Gasteiger partial charge on any atom is -0.619 e. The van der Waals surface area contributed by atoms with Gasteiger partial charge in [0.05, 0.1) is 0 Å². The average molecular weight is 171 g/mol. The van der Waals surface area contributed by atoms with E-state index in [0.717, 1.165) is 0 Å². The summed E-state index contributed by atoms with van der Waals surface area (Å²) in [6, 6.07) is 3.36. The van der Waals surface area contributed by atoms with Crippen LogP contribution in [0, 0.1) is 5.21 Å². The third-order valence-electron chi connectivity index (χ3n) is 0.986. The molecule has 1 aromatic heterocycles. The Morgan fingerprint density at radius 3 is 3.00 bits per heavy atom. The van der Waals surface area contributed by atoms with Gasteiger partial charge in [-0.25, -0.2) is 0 Å². The maximum absolute atomic E-state index is 10.7. The summed E-state index contributed by atoms with van der Waals surface area (Å²) in [5, 5.41) is 10.7. The highest BCUT2D eigenvalue weighted by Gasteiger charge is 1.96. The second-order valence-corrected chi connectivity index (χ2v) is 3.37. The fourth-order valence-corrected chi connectivity index (χ4v) is 1.07. The van der Waals surface area contributed by atoms with Crippen molar-refractivity contribution in [3.8, 4) is 5.75 Å². The van der Waals surface area contributed by atoms with Gasteiger partial charge in [0, 0.05) is 12.3 Å². The first kappa shape index (κ1) is 8.07. The Labute approximate surface area is 68.0 Å². The first-order chi connectivity index (χ1) is 5.18. The fraction of sp³-hybridized carbons (Fsp3) is 0.143. The highest BCUT2D eigenvalue weighted by atomic mass is 32.2. The number of rotatable bonds is 2. The average Bonchev–Trinajstić information content (AvgIpc) is 1.85. The predicted octanol–water partition coefficient (Wildman–Crippen LogP) is 0.945. The van der Waals surface area contributed by atoms with Crippen LogP contribution in [0.2, 0.25) is 0 Å². The lowest BCUT2D eigenvalue weighted by molar-refractivity contribution is -0.605. The zero-order valence-electron chi connectivity index (χ0n) is 6.19. The lowest BCUT2D eigenvalue weighted by Crippen LogP contribution is -2.23. The molecule has 0 radical (unpaired) electrons. The van der Waals surface area contributed by atoms with Crippen molar-refractivity contribution >= 4 is 16.6 Å². The predicted molar refractivity (Wildman–Crippen MR) is 46.7 cm³/mol. The molecule has 0 fully saturated rings. The molecule has 0 N–H and O–H groups in total. The largest absolute Gasteiger partial charge is 0.619 e. The van der Waals surface area contributed by atoms with E-state index in [1.54, 1.807) is 12.1 Å². The molecule has 0 aliphatic carbocycles. The van der Waals surface area contributed by atoms with E-state index in [9.17, 15) is 5.21 Å². The topological polar surface area (TPSA) is 36.2 Å². The molecule has 1 atom stereocenters. The monoisotopic (exact) mass is 171 g/mol. The highest BCUT2D eigenvalue weighted by Crippen LogP contribution is 2.14. The molecule has 1 heterocycles. The van der Waals surface area contributed by atoms with Crippen molar-refractivity contribution in [3.63, 3.8) is 0 Å². The molecular formula is C7H9NO2S. The molecule has 11 heavy (non-hydrogen) atoms. The zero-order chi connectivity index (χ0) is 8.27. The Morgan fingerprint density at radius 1 is 1.73 bits per heavy atom. The third-order valence-corrected chi connectivity index (χ3v) is 1.46. The smallest absolute Gasteiger partial charge is 0.223 e. The van der Waals surface area contributed by atoms with Crippen molar-refractivity contribution in [2.75, 3.05) is 6.26 Å². The molecule has 0 aliphatic rings. The summed E-state index contributed by atoms with van der Waals surface area (Å²) >= 11 is 0. The van der Waals surface area contributed by atoms with Gasteiger partial charge in [0.2, 0.25) is 11.9 Å². The van der Waals surface area contributed by atoms with Gasteiger partial charge in [0.25, 0.3) is 0 Å². The first-order valence-electron chi connectivity index (χ1n) is 3.01. The molecule has 4 heteroatoms. The van der Waals surface area contributed by atoms with Crippen LogP contribution in [-0.4, -0.2) is 12.1 Å². The Hall–Kier alpha value is -1.03. The standard InChI is InChI=1S/C7H9NO2S/c1-11(2)10-7-4-3-5-8(9)6-7/h3-6H,1H2,2H3. The molecule has 1 aromatic rings. The number of nitrogens with zero attached hydrogens (tertiary/aromatic N) is 1. The van der Waals surface area contributed by atoms with Gasteiger partial charge in [-0.3, -0.25) is 0 Å². The molecule has 0 aliphatic heterocycles. The number of aromatic nitrogens is 1. The summed E-state index contributed by atoms with van der Waals surface area (Å²) in [4.78, 5) is 0. The van der Waals surface area contributed by atoms with Crippen molar-refractivity contribution in [2.45, 2.75) is 0 Å². The van der Waals surface area contributed by atoms with Gasteiger partial charge in [-0.2, -0.15) is 4.73 Å². The molecule has 0 saturated heterocycles. The van der Waals surface area contributed by atoms with Crippen molar-refractivity contribution in [1.29, 1.82) is 0 Å². The van der Waals surface area contributed by atoms with Gasteiger partial charge in [0.1, 0.15) is 0 Å². The second kappa shape index (κ2) is 3.39. The van der Waals surface area contributed by atoms with Gasteiger partial charge >= 0.3 is 0 Å². The van der Waals surface area contributed by atoms with Crippen LogP contribution in [0.4, 0.5) is 0 Å². The molecule has 0 amide bonds. The van der Waals surface area contributed by atoms with Crippen LogP contribution in [0.15, 0.2) is 24.5 Å². The van der Waals surface area contributed by atoms with Crippen LogP contribution in [0.25, 0.3) is 0 Å². The summed E-state index contributed by atoms with van der Waals surface area (Å²) in [6.45, 7) is 0. The summed E-state index contributed by atoms with van der Waals surface area (Å²) in [5.74, 6) is 4.22. The van der Waals surface area contributed by atoms with Crippen LogP contribution < -0.4 is 8.91 Å². The van der Waals surface area contributed by atoms with Crippen LogP contribution in [-0.2, 0) is 0 Å². The molecule has 3 nitrogen and oxygen atoms in total. The fourth-order valence-electron chi connectivity index (χ4n) is 0.648. The minimum absolute atomic E-state index is 0.377. The number of pyridine rings is 1. The SMILES string of the molecule is C=S(C)Oc1ccc[n+]([O-])c1. The van der Waals surface area contributed by atoms with E-state index in [-0.39, 0.29) is 10.8 Å². The minimum atomic E-state index is -0.377. The Bertz CT molecular complexity index is 275. The van der Waals surface area contributed by atoms with E-state index in [4.69, 9.17) is 4.18 Å². The Balaban J connectivity index is 2.79. The van der Waals surface area contributed by atoms with Crippen molar-refractivity contribution < 1.29 is 8.91 Å². The Morgan fingerprint density at radius 2 is 2.45 bits per heavy atom. The molecule has 0 aromatic carbocycles. The van der Waals surface area contributed by atoms with E-state index in [1.165, 1.54) is 12.4 Å². The molecule has 0 bridgehead atoms. The van der Waals surface area contributed by atoms with Crippen LogP contribution >= 0.6 is 10.8 Å². The van der Waals surface area contributed by atoms with E-state index < -0.39 is 0 Å². The molecule has 0 spiro atoms.